The van der Waals surface area contributed by atoms with Crippen LogP contribution in [0.25, 0.3) is 0 Å². The van der Waals surface area contributed by atoms with Crippen molar-refractivity contribution in [1.82, 2.24) is 5.32 Å². The quantitative estimate of drug-likeness (QED) is 0.900. The summed E-state index contributed by atoms with van der Waals surface area (Å²) in [6.45, 7) is 0.807. The van der Waals surface area contributed by atoms with Crippen LogP contribution in [0.15, 0.2) is 48.5 Å². The topological polar surface area (TPSA) is 49.4 Å². The Balaban J connectivity index is 1.59. The second-order valence-electron chi connectivity index (χ2n) is 6.07. The molecule has 0 aromatic heterocycles. The molecule has 0 bridgehead atoms. The molecule has 0 unspecified atom stereocenters. The third kappa shape index (κ3) is 4.04. The Labute approximate surface area is 148 Å². The fourth-order valence-electron chi connectivity index (χ4n) is 2.81. The molecule has 0 radical (unpaired) electrons. The average Bonchev–Trinajstić information content (AvgIpc) is 3.05. The van der Waals surface area contributed by atoms with Gasteiger partial charge in [0, 0.05) is 30.8 Å². The molecular weight excluding hydrogens is 345 g/mol. The van der Waals surface area contributed by atoms with Gasteiger partial charge >= 0.3 is 6.18 Å². The van der Waals surface area contributed by atoms with Gasteiger partial charge in [0.2, 0.25) is 5.91 Å². The van der Waals surface area contributed by atoms with Gasteiger partial charge in [0.05, 0.1) is 5.56 Å². The second kappa shape index (κ2) is 7.19. The summed E-state index contributed by atoms with van der Waals surface area (Å²) >= 11 is 0. The van der Waals surface area contributed by atoms with Gasteiger partial charge < -0.3 is 10.2 Å². The number of hydrogen-bond donors (Lipinski definition) is 1. The summed E-state index contributed by atoms with van der Waals surface area (Å²) in [4.78, 5) is 25.6. The van der Waals surface area contributed by atoms with Crippen LogP contribution in [0, 0.1) is 0 Å². The summed E-state index contributed by atoms with van der Waals surface area (Å²) in [5, 5.41) is 2.67. The molecule has 0 atom stereocenters. The molecule has 1 aliphatic rings. The first-order chi connectivity index (χ1) is 12.3. The van der Waals surface area contributed by atoms with Crippen LogP contribution in [0.1, 0.15) is 34.3 Å². The first-order valence-electron chi connectivity index (χ1n) is 8.19. The van der Waals surface area contributed by atoms with E-state index in [4.69, 9.17) is 0 Å². The summed E-state index contributed by atoms with van der Waals surface area (Å²) in [6.07, 6.45) is -3.01. The number of amides is 2. The second-order valence-corrected chi connectivity index (χ2v) is 6.07. The fraction of sp³-hybridized carbons (Fsp3) is 0.263. The minimum absolute atomic E-state index is 0.0736. The Morgan fingerprint density at radius 1 is 1.04 bits per heavy atom. The van der Waals surface area contributed by atoms with Crippen molar-refractivity contribution in [3.05, 3.63) is 65.2 Å². The maximum absolute atomic E-state index is 12.5. The van der Waals surface area contributed by atoms with Crippen LogP contribution in [0.3, 0.4) is 0 Å². The molecule has 2 amide bonds. The summed E-state index contributed by atoms with van der Waals surface area (Å²) in [5.74, 6) is -0.256. The average molecular weight is 362 g/mol. The maximum atomic E-state index is 12.5. The molecule has 1 fully saturated rings. The van der Waals surface area contributed by atoms with Gasteiger partial charge in [-0.3, -0.25) is 9.59 Å². The highest BCUT2D eigenvalue weighted by molar-refractivity contribution is 5.97. The molecule has 4 nitrogen and oxygen atoms in total. The van der Waals surface area contributed by atoms with Gasteiger partial charge in [0.1, 0.15) is 0 Å². The number of anilines is 1. The number of benzene rings is 2. The Hall–Kier alpha value is -2.83. The van der Waals surface area contributed by atoms with E-state index in [1.165, 1.54) is 12.1 Å². The Kier molecular flexibility index (Phi) is 4.97. The predicted octanol–water partition coefficient (Wildman–Crippen LogP) is 3.76. The van der Waals surface area contributed by atoms with Crippen molar-refractivity contribution in [2.24, 2.45) is 0 Å². The largest absolute Gasteiger partial charge is 0.416 e. The SMILES string of the molecule is O=C(NCc1ccc(C(F)(F)F)cc1)c1ccc(N2CCCC2=O)cc1. The van der Waals surface area contributed by atoms with Crippen molar-refractivity contribution in [1.29, 1.82) is 0 Å². The number of alkyl halides is 3. The molecule has 1 heterocycles. The van der Waals surface area contributed by atoms with Crippen LogP contribution >= 0.6 is 0 Å². The van der Waals surface area contributed by atoms with Crippen molar-refractivity contribution in [3.8, 4) is 0 Å². The highest BCUT2D eigenvalue weighted by Gasteiger charge is 2.29. The zero-order valence-electron chi connectivity index (χ0n) is 13.8. The zero-order chi connectivity index (χ0) is 18.7. The van der Waals surface area contributed by atoms with Crippen molar-refractivity contribution in [2.75, 3.05) is 11.4 Å². The van der Waals surface area contributed by atoms with Gasteiger partial charge in [-0.05, 0) is 48.4 Å². The number of carbonyl (C=O) groups excluding carboxylic acids is 2. The van der Waals surface area contributed by atoms with Crippen LogP contribution in [-0.4, -0.2) is 18.4 Å². The standard InChI is InChI=1S/C19H17F3N2O2/c20-19(21,22)15-7-3-13(4-8-15)12-23-18(26)14-5-9-16(10-6-14)24-11-1-2-17(24)25/h3-10H,1-2,11-12H2,(H,23,26). The normalized spacial score (nSPS) is 14.6. The van der Waals surface area contributed by atoms with E-state index in [1.807, 2.05) is 0 Å². The maximum Gasteiger partial charge on any atom is 0.416 e. The number of rotatable bonds is 4. The molecule has 0 saturated carbocycles. The van der Waals surface area contributed by atoms with Crippen molar-refractivity contribution < 1.29 is 22.8 Å². The van der Waals surface area contributed by atoms with Gasteiger partial charge in [-0.25, -0.2) is 0 Å². The van der Waals surface area contributed by atoms with Crippen LogP contribution in [0.2, 0.25) is 0 Å². The van der Waals surface area contributed by atoms with Crippen molar-refractivity contribution in [3.63, 3.8) is 0 Å². The molecule has 2 aromatic carbocycles. The molecular formula is C19H17F3N2O2. The van der Waals surface area contributed by atoms with Crippen LogP contribution < -0.4 is 10.2 Å². The number of carbonyl (C=O) groups is 2. The molecule has 1 aliphatic heterocycles. The summed E-state index contributed by atoms with van der Waals surface area (Å²) < 4.78 is 37.6. The third-order valence-electron chi connectivity index (χ3n) is 4.25. The van der Waals surface area contributed by atoms with Crippen molar-refractivity contribution >= 4 is 17.5 Å². The van der Waals surface area contributed by atoms with E-state index in [0.29, 0.717) is 24.1 Å². The van der Waals surface area contributed by atoms with E-state index in [-0.39, 0.29) is 18.4 Å². The molecule has 0 spiro atoms. The smallest absolute Gasteiger partial charge is 0.348 e. The zero-order valence-corrected chi connectivity index (χ0v) is 13.8. The van der Waals surface area contributed by atoms with E-state index >= 15 is 0 Å². The van der Waals surface area contributed by atoms with Crippen LogP contribution in [0.4, 0.5) is 18.9 Å². The minimum Gasteiger partial charge on any atom is -0.348 e. The Morgan fingerprint density at radius 2 is 1.69 bits per heavy atom. The van der Waals surface area contributed by atoms with Crippen LogP contribution in [-0.2, 0) is 17.5 Å². The lowest BCUT2D eigenvalue weighted by atomic mass is 10.1. The Bertz CT molecular complexity index is 799. The molecule has 136 valence electrons. The molecule has 3 rings (SSSR count). The molecule has 26 heavy (non-hydrogen) atoms. The number of nitrogens with zero attached hydrogens (tertiary/aromatic N) is 1. The molecule has 0 aliphatic carbocycles. The van der Waals surface area contributed by atoms with Crippen molar-refractivity contribution in [2.45, 2.75) is 25.6 Å². The third-order valence-corrected chi connectivity index (χ3v) is 4.25. The van der Waals surface area contributed by atoms with E-state index in [0.717, 1.165) is 24.2 Å². The number of nitrogens with one attached hydrogen (secondary N) is 1. The molecule has 1 N–H and O–H groups in total. The fourth-order valence-corrected chi connectivity index (χ4v) is 2.81. The highest BCUT2D eigenvalue weighted by Crippen LogP contribution is 2.29. The monoisotopic (exact) mass is 362 g/mol. The van der Waals surface area contributed by atoms with E-state index in [1.54, 1.807) is 29.2 Å². The lowest BCUT2D eigenvalue weighted by molar-refractivity contribution is -0.137. The summed E-state index contributed by atoms with van der Waals surface area (Å²) in [6, 6.07) is 11.3. The highest BCUT2D eigenvalue weighted by atomic mass is 19.4. The number of halogens is 3. The minimum atomic E-state index is -4.37. The van der Waals surface area contributed by atoms with Gasteiger partial charge in [0.15, 0.2) is 0 Å². The number of hydrogen-bond acceptors (Lipinski definition) is 2. The van der Waals surface area contributed by atoms with Crippen LogP contribution in [0.5, 0.6) is 0 Å². The van der Waals surface area contributed by atoms with E-state index < -0.39 is 11.7 Å². The summed E-state index contributed by atoms with van der Waals surface area (Å²) in [5.41, 5.74) is 1.03. The lowest BCUT2D eigenvalue weighted by Gasteiger charge is -2.15. The Morgan fingerprint density at radius 3 is 2.23 bits per heavy atom. The van der Waals surface area contributed by atoms with E-state index in [2.05, 4.69) is 5.32 Å². The van der Waals surface area contributed by atoms with Gasteiger partial charge in [-0.2, -0.15) is 13.2 Å². The lowest BCUT2D eigenvalue weighted by Crippen LogP contribution is -2.25. The van der Waals surface area contributed by atoms with E-state index in [9.17, 15) is 22.8 Å². The first-order valence-corrected chi connectivity index (χ1v) is 8.19. The predicted molar refractivity (Wildman–Crippen MR) is 90.6 cm³/mol. The van der Waals surface area contributed by atoms with Gasteiger partial charge in [0.25, 0.3) is 5.91 Å². The van der Waals surface area contributed by atoms with Gasteiger partial charge in [-0.15, -0.1) is 0 Å². The summed E-state index contributed by atoms with van der Waals surface area (Å²) in [7, 11) is 0. The van der Waals surface area contributed by atoms with Gasteiger partial charge in [-0.1, -0.05) is 12.1 Å². The molecule has 1 saturated heterocycles. The molecule has 7 heteroatoms. The first kappa shape index (κ1) is 18.0. The molecule has 2 aromatic rings.